The van der Waals surface area contributed by atoms with E-state index in [1.165, 1.54) is 0 Å². The molecular formula is C9H10N4O. The maximum absolute atomic E-state index is 10.9. The molecule has 0 N–H and O–H groups in total. The molecule has 0 spiro atoms. The lowest BCUT2D eigenvalue weighted by atomic mass is 10.2. The molecule has 0 aromatic carbocycles. The van der Waals surface area contributed by atoms with Crippen LogP contribution in [-0.2, 0) is 11.2 Å². The number of carbonyl (C=O) groups is 1. The molecule has 2 rings (SSSR count). The topological polar surface area (TPSA) is 60.2 Å². The van der Waals surface area contributed by atoms with Crippen LogP contribution in [-0.4, -0.2) is 25.4 Å². The Morgan fingerprint density at radius 1 is 1.57 bits per heavy atom. The van der Waals surface area contributed by atoms with Crippen molar-refractivity contribution in [3.05, 3.63) is 23.8 Å². The number of nitrogens with zero attached hydrogens (tertiary/aromatic N) is 4. The summed E-state index contributed by atoms with van der Waals surface area (Å²) in [5.74, 6) is 1.36. The van der Waals surface area contributed by atoms with Gasteiger partial charge in [0.05, 0.1) is 0 Å². The number of hydrogen-bond acceptors (Lipinski definition) is 4. The zero-order valence-corrected chi connectivity index (χ0v) is 8.06. The van der Waals surface area contributed by atoms with E-state index < -0.39 is 0 Å². The summed E-state index contributed by atoms with van der Waals surface area (Å²) >= 11 is 0. The van der Waals surface area contributed by atoms with Crippen LogP contribution in [0.3, 0.4) is 0 Å². The number of hydrogen-bond donors (Lipinski definition) is 0. The monoisotopic (exact) mass is 190 g/mol. The highest BCUT2D eigenvalue weighted by atomic mass is 16.1. The number of ketones is 1. The fourth-order valence-corrected chi connectivity index (χ4v) is 1.30. The molecule has 0 aliphatic carbocycles. The molecule has 0 fully saturated rings. The molecule has 2 aromatic heterocycles. The molecule has 0 unspecified atom stereocenters. The van der Waals surface area contributed by atoms with Crippen LogP contribution in [0.1, 0.15) is 18.3 Å². The van der Waals surface area contributed by atoms with E-state index in [2.05, 4.69) is 15.1 Å². The minimum atomic E-state index is 0.114. The Hall–Kier alpha value is -1.78. The normalized spacial score (nSPS) is 10.7. The molecule has 5 nitrogen and oxygen atoms in total. The van der Waals surface area contributed by atoms with E-state index in [-0.39, 0.29) is 5.78 Å². The van der Waals surface area contributed by atoms with Gasteiger partial charge < -0.3 is 0 Å². The van der Waals surface area contributed by atoms with Crippen LogP contribution < -0.4 is 0 Å². The summed E-state index contributed by atoms with van der Waals surface area (Å²) in [7, 11) is 0. The summed E-state index contributed by atoms with van der Waals surface area (Å²) in [6, 6.07) is 0. The molecule has 72 valence electrons. The van der Waals surface area contributed by atoms with Crippen molar-refractivity contribution in [3.8, 4) is 0 Å². The van der Waals surface area contributed by atoms with Gasteiger partial charge in [0.25, 0.3) is 5.78 Å². The first kappa shape index (κ1) is 8.80. The zero-order valence-electron chi connectivity index (χ0n) is 8.06. The molecule has 14 heavy (non-hydrogen) atoms. The molecule has 0 amide bonds. The molecule has 0 atom stereocenters. The number of aryl methyl sites for hydroxylation is 1. The first-order valence-corrected chi connectivity index (χ1v) is 4.32. The van der Waals surface area contributed by atoms with E-state index >= 15 is 0 Å². The Kier molecular flexibility index (Phi) is 1.99. The first-order chi connectivity index (χ1) is 6.65. The van der Waals surface area contributed by atoms with Crippen LogP contribution in [0.15, 0.2) is 12.4 Å². The largest absolute Gasteiger partial charge is 0.300 e. The van der Waals surface area contributed by atoms with Crippen molar-refractivity contribution in [1.82, 2.24) is 19.6 Å². The van der Waals surface area contributed by atoms with E-state index in [9.17, 15) is 4.79 Å². The van der Waals surface area contributed by atoms with Gasteiger partial charge in [0.1, 0.15) is 11.6 Å². The van der Waals surface area contributed by atoms with E-state index in [4.69, 9.17) is 0 Å². The van der Waals surface area contributed by atoms with Gasteiger partial charge in [0, 0.05) is 18.8 Å². The highest BCUT2D eigenvalue weighted by molar-refractivity contribution is 5.77. The summed E-state index contributed by atoms with van der Waals surface area (Å²) in [6.45, 7) is 3.36. The quantitative estimate of drug-likeness (QED) is 0.694. The second kappa shape index (κ2) is 3.17. The Morgan fingerprint density at radius 3 is 3.07 bits per heavy atom. The predicted molar refractivity (Wildman–Crippen MR) is 49.9 cm³/mol. The third-order valence-corrected chi connectivity index (χ3v) is 1.81. The van der Waals surface area contributed by atoms with Gasteiger partial charge in [-0.05, 0) is 19.4 Å². The van der Waals surface area contributed by atoms with Crippen molar-refractivity contribution in [2.45, 2.75) is 20.3 Å². The van der Waals surface area contributed by atoms with Gasteiger partial charge in [0.2, 0.25) is 0 Å². The fraction of sp³-hybridized carbons (Fsp3) is 0.333. The van der Waals surface area contributed by atoms with Crippen LogP contribution in [0.25, 0.3) is 5.78 Å². The molecule has 2 heterocycles. The van der Waals surface area contributed by atoms with E-state index in [1.54, 1.807) is 30.8 Å². The van der Waals surface area contributed by atoms with Crippen LogP contribution in [0, 0.1) is 6.92 Å². The van der Waals surface area contributed by atoms with Gasteiger partial charge in [-0.25, -0.2) is 9.50 Å². The van der Waals surface area contributed by atoms with Crippen LogP contribution in [0.4, 0.5) is 0 Å². The standard InChI is InChI=1S/C9H10N4O/c1-6(14)3-8-4-10-9-11-7(2)12-13(9)5-8/h4-5H,3H2,1-2H3. The minimum absolute atomic E-state index is 0.114. The molecule has 0 aliphatic heterocycles. The summed E-state index contributed by atoms with van der Waals surface area (Å²) in [6.07, 6.45) is 3.83. The fourth-order valence-electron chi connectivity index (χ4n) is 1.30. The molecular weight excluding hydrogens is 180 g/mol. The van der Waals surface area contributed by atoms with Crippen LogP contribution in [0.2, 0.25) is 0 Å². The number of carbonyl (C=O) groups excluding carboxylic acids is 1. The number of Topliss-reactive ketones (excluding diaryl/α,β-unsaturated/α-hetero) is 1. The minimum Gasteiger partial charge on any atom is -0.300 e. The van der Waals surface area contributed by atoms with Crippen LogP contribution >= 0.6 is 0 Å². The number of fused-ring (bicyclic) bond motifs is 1. The third kappa shape index (κ3) is 1.61. The first-order valence-electron chi connectivity index (χ1n) is 4.32. The smallest absolute Gasteiger partial charge is 0.252 e. The zero-order chi connectivity index (χ0) is 10.1. The van der Waals surface area contributed by atoms with Gasteiger partial charge in [-0.1, -0.05) is 0 Å². The summed E-state index contributed by atoms with van der Waals surface area (Å²) in [5, 5.41) is 4.11. The Balaban J connectivity index is 2.45. The Bertz CT molecular complexity index is 489. The van der Waals surface area contributed by atoms with Crippen molar-refractivity contribution in [3.63, 3.8) is 0 Å². The molecule has 2 aromatic rings. The van der Waals surface area contributed by atoms with Crippen molar-refractivity contribution >= 4 is 11.6 Å². The van der Waals surface area contributed by atoms with Gasteiger partial charge in [-0.2, -0.15) is 10.1 Å². The van der Waals surface area contributed by atoms with Gasteiger partial charge in [-0.3, -0.25) is 4.79 Å². The molecule has 5 heteroatoms. The molecule has 0 bridgehead atoms. The average Bonchev–Trinajstić information content (AvgIpc) is 2.42. The Labute approximate surface area is 80.8 Å². The van der Waals surface area contributed by atoms with Crippen LogP contribution in [0.5, 0.6) is 0 Å². The van der Waals surface area contributed by atoms with E-state index in [1.807, 2.05) is 0 Å². The van der Waals surface area contributed by atoms with Crippen molar-refractivity contribution in [1.29, 1.82) is 0 Å². The second-order valence-corrected chi connectivity index (χ2v) is 3.24. The van der Waals surface area contributed by atoms with E-state index in [0.717, 1.165) is 5.56 Å². The number of rotatable bonds is 2. The third-order valence-electron chi connectivity index (χ3n) is 1.81. The second-order valence-electron chi connectivity index (χ2n) is 3.24. The maximum atomic E-state index is 10.9. The lowest BCUT2D eigenvalue weighted by Gasteiger charge is -1.96. The number of aromatic nitrogens is 4. The summed E-state index contributed by atoms with van der Waals surface area (Å²) in [5.41, 5.74) is 0.856. The molecule has 0 saturated carbocycles. The molecule has 0 radical (unpaired) electrons. The maximum Gasteiger partial charge on any atom is 0.252 e. The van der Waals surface area contributed by atoms with Crippen molar-refractivity contribution in [2.75, 3.05) is 0 Å². The van der Waals surface area contributed by atoms with Gasteiger partial charge >= 0.3 is 0 Å². The van der Waals surface area contributed by atoms with E-state index in [0.29, 0.717) is 18.0 Å². The highest BCUT2D eigenvalue weighted by Gasteiger charge is 2.03. The predicted octanol–water partition coefficient (Wildman–Crippen LogP) is 0.564. The Morgan fingerprint density at radius 2 is 2.36 bits per heavy atom. The highest BCUT2D eigenvalue weighted by Crippen LogP contribution is 2.02. The lowest BCUT2D eigenvalue weighted by molar-refractivity contribution is -0.116. The SMILES string of the molecule is CC(=O)Cc1cnc2nc(C)nn2c1. The van der Waals surface area contributed by atoms with Gasteiger partial charge in [0.15, 0.2) is 0 Å². The average molecular weight is 190 g/mol. The van der Waals surface area contributed by atoms with Crippen molar-refractivity contribution in [2.24, 2.45) is 0 Å². The summed E-state index contributed by atoms with van der Waals surface area (Å²) in [4.78, 5) is 19.1. The van der Waals surface area contributed by atoms with Crippen molar-refractivity contribution < 1.29 is 4.79 Å². The molecule has 0 saturated heterocycles. The lowest BCUT2D eigenvalue weighted by Crippen LogP contribution is -2.00. The summed E-state index contributed by atoms with van der Waals surface area (Å²) < 4.78 is 1.59. The van der Waals surface area contributed by atoms with Gasteiger partial charge in [-0.15, -0.1) is 0 Å². The molecule has 0 aliphatic rings.